The Hall–Kier alpha value is -3.95. The molecule has 3 aromatic rings. The third kappa shape index (κ3) is 4.86. The summed E-state index contributed by atoms with van der Waals surface area (Å²) in [5.41, 5.74) is 1.83. The summed E-state index contributed by atoms with van der Waals surface area (Å²) in [5.74, 6) is 0.856. The lowest BCUT2D eigenvalue weighted by atomic mass is 10.2. The van der Waals surface area contributed by atoms with Gasteiger partial charge in [0.15, 0.2) is 11.5 Å². The Morgan fingerprint density at radius 2 is 1.69 bits per heavy atom. The normalized spacial score (nSPS) is 10.3. The Labute approximate surface area is 166 Å². The quantitative estimate of drug-likeness (QED) is 0.626. The summed E-state index contributed by atoms with van der Waals surface area (Å²) in [4.78, 5) is 24.5. The summed E-state index contributed by atoms with van der Waals surface area (Å²) in [6.45, 7) is 1.31. The maximum absolute atomic E-state index is 12.3. The average molecular weight is 396 g/mol. The number of benzene rings is 2. The number of nitrogens with zero attached hydrogens (tertiary/aromatic N) is 4. The molecule has 0 saturated carbocycles. The van der Waals surface area contributed by atoms with Crippen molar-refractivity contribution in [3.05, 3.63) is 42.5 Å². The fourth-order valence-corrected chi connectivity index (χ4v) is 2.65. The second-order valence-electron chi connectivity index (χ2n) is 5.99. The highest BCUT2D eigenvalue weighted by Gasteiger charge is 2.16. The lowest BCUT2D eigenvalue weighted by Crippen LogP contribution is -2.20. The zero-order valence-corrected chi connectivity index (χ0v) is 16.2. The Morgan fingerprint density at radius 3 is 2.31 bits per heavy atom. The summed E-state index contributed by atoms with van der Waals surface area (Å²) >= 11 is 0. The minimum Gasteiger partial charge on any atom is -0.493 e. The molecule has 0 aliphatic carbocycles. The van der Waals surface area contributed by atoms with E-state index in [9.17, 15) is 9.59 Å². The van der Waals surface area contributed by atoms with Crippen molar-refractivity contribution in [3.63, 3.8) is 0 Å². The van der Waals surface area contributed by atoms with Gasteiger partial charge in [-0.15, -0.1) is 10.2 Å². The summed E-state index contributed by atoms with van der Waals surface area (Å²) in [6, 6.07) is 12.1. The molecule has 0 bridgehead atoms. The van der Waals surface area contributed by atoms with Crippen LogP contribution in [0.1, 0.15) is 6.92 Å². The highest BCUT2D eigenvalue weighted by atomic mass is 16.5. The van der Waals surface area contributed by atoms with E-state index in [-0.39, 0.29) is 18.4 Å². The van der Waals surface area contributed by atoms with Gasteiger partial charge in [-0.1, -0.05) is 6.07 Å². The molecule has 3 rings (SSSR count). The monoisotopic (exact) mass is 396 g/mol. The van der Waals surface area contributed by atoms with Crippen LogP contribution in [0.3, 0.4) is 0 Å². The third-order valence-electron chi connectivity index (χ3n) is 3.87. The second-order valence-corrected chi connectivity index (χ2v) is 5.99. The highest BCUT2D eigenvalue weighted by molar-refractivity contribution is 5.92. The van der Waals surface area contributed by atoms with Crippen LogP contribution in [0, 0.1) is 0 Å². The van der Waals surface area contributed by atoms with Crippen LogP contribution in [0.2, 0.25) is 0 Å². The number of ether oxygens (including phenoxy) is 2. The van der Waals surface area contributed by atoms with Gasteiger partial charge in [0.2, 0.25) is 17.6 Å². The fraction of sp³-hybridized carbons (Fsp3) is 0.211. The topological polar surface area (TPSA) is 120 Å². The summed E-state index contributed by atoms with van der Waals surface area (Å²) in [6.07, 6.45) is 0. The average Bonchev–Trinajstić information content (AvgIpc) is 3.16. The smallest absolute Gasteiger partial charge is 0.248 e. The first-order valence-corrected chi connectivity index (χ1v) is 8.67. The molecule has 0 atom stereocenters. The Morgan fingerprint density at radius 1 is 1.00 bits per heavy atom. The zero-order valence-electron chi connectivity index (χ0n) is 16.2. The van der Waals surface area contributed by atoms with Crippen molar-refractivity contribution < 1.29 is 19.1 Å². The van der Waals surface area contributed by atoms with Gasteiger partial charge < -0.3 is 20.1 Å². The molecule has 2 aromatic carbocycles. The molecule has 0 aliphatic heterocycles. The molecule has 2 amide bonds. The maximum Gasteiger partial charge on any atom is 0.248 e. The number of anilines is 2. The van der Waals surface area contributed by atoms with Crippen LogP contribution < -0.4 is 20.1 Å². The molecule has 0 spiro atoms. The predicted molar refractivity (Wildman–Crippen MR) is 106 cm³/mol. The summed E-state index contributed by atoms with van der Waals surface area (Å²) < 4.78 is 10.6. The predicted octanol–water partition coefficient (Wildman–Crippen LogP) is 1.95. The first-order chi connectivity index (χ1) is 14.0. The number of hydrogen-bond donors (Lipinski definition) is 2. The van der Waals surface area contributed by atoms with E-state index in [0.29, 0.717) is 34.3 Å². The molecule has 0 aliphatic rings. The summed E-state index contributed by atoms with van der Waals surface area (Å²) in [5, 5.41) is 17.6. The molecule has 1 aromatic heterocycles. The maximum atomic E-state index is 12.3. The van der Waals surface area contributed by atoms with Gasteiger partial charge in [-0.25, -0.2) is 0 Å². The molecule has 2 N–H and O–H groups in total. The van der Waals surface area contributed by atoms with E-state index >= 15 is 0 Å². The molecule has 0 unspecified atom stereocenters. The number of rotatable bonds is 7. The van der Waals surface area contributed by atoms with Crippen LogP contribution in [0.15, 0.2) is 42.5 Å². The number of aromatic nitrogens is 4. The van der Waals surface area contributed by atoms with E-state index in [2.05, 4.69) is 26.0 Å². The number of hydrogen-bond acceptors (Lipinski definition) is 7. The number of nitrogens with one attached hydrogen (secondary N) is 2. The Kier molecular flexibility index (Phi) is 6.03. The third-order valence-corrected chi connectivity index (χ3v) is 3.87. The number of tetrazole rings is 1. The molecule has 10 nitrogen and oxygen atoms in total. The van der Waals surface area contributed by atoms with Gasteiger partial charge in [0, 0.05) is 18.3 Å². The van der Waals surface area contributed by atoms with Crippen molar-refractivity contribution in [2.45, 2.75) is 13.5 Å². The lowest BCUT2D eigenvalue weighted by Gasteiger charge is -2.09. The SMILES string of the molecule is COc1cccc(-c2nnn(CC(=O)Nc3ccc(NC(C)=O)cc3)n2)c1OC. The van der Waals surface area contributed by atoms with Gasteiger partial charge in [0.05, 0.1) is 19.8 Å². The van der Waals surface area contributed by atoms with Gasteiger partial charge in [-0.05, 0) is 41.6 Å². The number of carbonyl (C=O) groups is 2. The molecule has 29 heavy (non-hydrogen) atoms. The van der Waals surface area contributed by atoms with E-state index in [1.807, 2.05) is 0 Å². The van der Waals surface area contributed by atoms with Crippen LogP contribution in [0.5, 0.6) is 11.5 Å². The van der Waals surface area contributed by atoms with Crippen LogP contribution in [-0.2, 0) is 16.1 Å². The van der Waals surface area contributed by atoms with Gasteiger partial charge in [-0.2, -0.15) is 4.80 Å². The van der Waals surface area contributed by atoms with E-state index in [4.69, 9.17) is 9.47 Å². The number of carbonyl (C=O) groups excluding carboxylic acids is 2. The van der Waals surface area contributed by atoms with E-state index in [0.717, 1.165) is 0 Å². The van der Waals surface area contributed by atoms with E-state index in [1.54, 1.807) is 49.6 Å². The van der Waals surface area contributed by atoms with Gasteiger partial charge >= 0.3 is 0 Å². The second kappa shape index (κ2) is 8.83. The van der Waals surface area contributed by atoms with Crippen molar-refractivity contribution in [2.75, 3.05) is 24.9 Å². The van der Waals surface area contributed by atoms with Crippen LogP contribution in [0.25, 0.3) is 11.4 Å². The highest BCUT2D eigenvalue weighted by Crippen LogP contribution is 2.35. The first-order valence-electron chi connectivity index (χ1n) is 8.67. The Bertz CT molecular complexity index is 1020. The van der Waals surface area contributed by atoms with Crippen molar-refractivity contribution >= 4 is 23.2 Å². The van der Waals surface area contributed by atoms with Gasteiger partial charge in [0.1, 0.15) is 6.54 Å². The lowest BCUT2D eigenvalue weighted by molar-refractivity contribution is -0.117. The minimum atomic E-state index is -0.321. The molecular weight excluding hydrogens is 376 g/mol. The van der Waals surface area contributed by atoms with Crippen molar-refractivity contribution in [1.29, 1.82) is 0 Å². The van der Waals surface area contributed by atoms with Crippen LogP contribution in [-0.4, -0.2) is 46.2 Å². The minimum absolute atomic E-state index is 0.118. The van der Waals surface area contributed by atoms with Gasteiger partial charge in [-0.3, -0.25) is 9.59 Å². The van der Waals surface area contributed by atoms with E-state index < -0.39 is 0 Å². The standard InChI is InChI=1S/C19H20N6O4/c1-12(26)20-13-7-9-14(10-8-13)21-17(27)11-25-23-19(22-24-25)15-5-4-6-16(28-2)18(15)29-3/h4-10H,11H2,1-3H3,(H,20,26)(H,21,27). The van der Waals surface area contributed by atoms with Crippen molar-refractivity contribution in [3.8, 4) is 22.9 Å². The Balaban J connectivity index is 1.67. The molecule has 10 heteroatoms. The number of amides is 2. The van der Waals surface area contributed by atoms with Crippen molar-refractivity contribution in [1.82, 2.24) is 20.2 Å². The first kappa shape index (κ1) is 19.8. The molecule has 0 radical (unpaired) electrons. The molecule has 0 saturated heterocycles. The van der Waals surface area contributed by atoms with Gasteiger partial charge in [0.25, 0.3) is 0 Å². The zero-order chi connectivity index (χ0) is 20.8. The van der Waals surface area contributed by atoms with Crippen LogP contribution in [0.4, 0.5) is 11.4 Å². The summed E-state index contributed by atoms with van der Waals surface area (Å²) in [7, 11) is 3.06. The largest absolute Gasteiger partial charge is 0.493 e. The number of para-hydroxylation sites is 1. The van der Waals surface area contributed by atoms with Crippen molar-refractivity contribution in [2.24, 2.45) is 0 Å². The van der Waals surface area contributed by atoms with Crippen LogP contribution >= 0.6 is 0 Å². The van der Waals surface area contributed by atoms with E-state index in [1.165, 1.54) is 18.8 Å². The molecular formula is C19H20N6O4. The molecule has 0 fully saturated rings. The number of methoxy groups -OCH3 is 2. The fourth-order valence-electron chi connectivity index (χ4n) is 2.65. The molecule has 1 heterocycles. The molecule has 150 valence electrons.